The molecule has 0 radical (unpaired) electrons. The van der Waals surface area contributed by atoms with E-state index in [-0.39, 0.29) is 18.2 Å². The molecule has 2 aromatic rings. The van der Waals surface area contributed by atoms with Gasteiger partial charge in [0, 0.05) is 11.1 Å². The van der Waals surface area contributed by atoms with Gasteiger partial charge in [-0.15, -0.1) is 0 Å². The fourth-order valence-corrected chi connectivity index (χ4v) is 1.67. The molecule has 0 amide bonds. The number of hydrogen-bond acceptors (Lipinski definition) is 3. The quantitative estimate of drug-likeness (QED) is 0.784. The summed E-state index contributed by atoms with van der Waals surface area (Å²) in [6, 6.07) is 11.9. The predicted octanol–water partition coefficient (Wildman–Crippen LogP) is 3.29. The summed E-state index contributed by atoms with van der Waals surface area (Å²) >= 11 is 0. The molecule has 0 aliphatic carbocycles. The van der Waals surface area contributed by atoms with E-state index in [0.29, 0.717) is 16.9 Å². The summed E-state index contributed by atoms with van der Waals surface area (Å²) in [6.45, 7) is 1.30. The van der Waals surface area contributed by atoms with Gasteiger partial charge in [-0.05, 0) is 43.3 Å². The topological polar surface area (TPSA) is 43.4 Å². The van der Waals surface area contributed by atoms with Gasteiger partial charge in [-0.25, -0.2) is 4.39 Å². The van der Waals surface area contributed by atoms with Crippen molar-refractivity contribution in [2.75, 3.05) is 6.61 Å². The number of halogens is 1. The van der Waals surface area contributed by atoms with Crippen molar-refractivity contribution in [3.8, 4) is 5.75 Å². The molecule has 0 unspecified atom stereocenters. The molecular formula is C16H13FO3. The Hall–Kier alpha value is -2.49. The average molecular weight is 272 g/mol. The first-order valence-electron chi connectivity index (χ1n) is 6.09. The van der Waals surface area contributed by atoms with Gasteiger partial charge in [0.15, 0.2) is 18.2 Å². The molecule has 0 atom stereocenters. The Labute approximate surface area is 116 Å². The molecule has 0 N–H and O–H groups in total. The maximum atomic E-state index is 12.7. The normalized spacial score (nSPS) is 10.1. The smallest absolute Gasteiger partial charge is 0.200 e. The Morgan fingerprint density at radius 2 is 1.75 bits per heavy atom. The zero-order valence-corrected chi connectivity index (χ0v) is 10.9. The highest BCUT2D eigenvalue weighted by atomic mass is 19.1. The molecule has 20 heavy (non-hydrogen) atoms. The third kappa shape index (κ3) is 3.51. The minimum Gasteiger partial charge on any atom is -0.485 e. The van der Waals surface area contributed by atoms with Crippen LogP contribution in [0.15, 0.2) is 48.5 Å². The second-order valence-corrected chi connectivity index (χ2v) is 4.30. The van der Waals surface area contributed by atoms with E-state index in [4.69, 9.17) is 4.74 Å². The summed E-state index contributed by atoms with van der Waals surface area (Å²) in [5, 5.41) is 0. The highest BCUT2D eigenvalue weighted by molar-refractivity contribution is 5.97. The van der Waals surface area contributed by atoms with Crippen LogP contribution in [0.4, 0.5) is 4.39 Å². The van der Waals surface area contributed by atoms with Crippen LogP contribution in [0.3, 0.4) is 0 Å². The molecule has 0 saturated heterocycles. The van der Waals surface area contributed by atoms with E-state index < -0.39 is 5.82 Å². The lowest BCUT2D eigenvalue weighted by Gasteiger charge is -2.06. The van der Waals surface area contributed by atoms with Crippen molar-refractivity contribution >= 4 is 11.6 Å². The van der Waals surface area contributed by atoms with Crippen molar-refractivity contribution in [2.24, 2.45) is 0 Å². The minimum atomic E-state index is -0.392. The first-order valence-corrected chi connectivity index (χ1v) is 6.09. The molecule has 0 heterocycles. The SMILES string of the molecule is CC(=O)c1cccc(OCC(=O)c2ccc(F)cc2)c1. The molecule has 0 bridgehead atoms. The zero-order chi connectivity index (χ0) is 14.5. The molecule has 2 rings (SSSR count). The first-order chi connectivity index (χ1) is 9.56. The molecule has 102 valence electrons. The Balaban J connectivity index is 2.01. The largest absolute Gasteiger partial charge is 0.485 e. The highest BCUT2D eigenvalue weighted by Crippen LogP contribution is 2.14. The third-order valence-electron chi connectivity index (χ3n) is 2.78. The van der Waals surface area contributed by atoms with Crippen LogP contribution in [0.2, 0.25) is 0 Å². The number of carbonyl (C=O) groups is 2. The van der Waals surface area contributed by atoms with Crippen molar-refractivity contribution in [2.45, 2.75) is 6.92 Å². The third-order valence-corrected chi connectivity index (χ3v) is 2.78. The molecule has 0 spiro atoms. The van der Waals surface area contributed by atoms with Gasteiger partial charge in [0.2, 0.25) is 0 Å². The number of Topliss-reactive ketones (excluding diaryl/α,β-unsaturated/α-hetero) is 2. The molecule has 3 nitrogen and oxygen atoms in total. The molecular weight excluding hydrogens is 259 g/mol. The second-order valence-electron chi connectivity index (χ2n) is 4.30. The van der Waals surface area contributed by atoms with Gasteiger partial charge in [-0.3, -0.25) is 9.59 Å². The van der Waals surface area contributed by atoms with E-state index in [9.17, 15) is 14.0 Å². The average Bonchev–Trinajstić information content (AvgIpc) is 2.46. The summed E-state index contributed by atoms with van der Waals surface area (Å²) in [5.41, 5.74) is 0.908. The first kappa shape index (κ1) is 13.9. The maximum absolute atomic E-state index is 12.7. The molecule has 4 heteroatoms. The van der Waals surface area contributed by atoms with Gasteiger partial charge in [0.25, 0.3) is 0 Å². The fraction of sp³-hybridized carbons (Fsp3) is 0.125. The second kappa shape index (κ2) is 6.10. The number of ketones is 2. The van der Waals surface area contributed by atoms with Crippen molar-refractivity contribution in [1.29, 1.82) is 0 Å². The van der Waals surface area contributed by atoms with E-state index in [1.165, 1.54) is 31.2 Å². The van der Waals surface area contributed by atoms with E-state index in [1.54, 1.807) is 24.3 Å². The standard InChI is InChI=1S/C16H13FO3/c1-11(18)13-3-2-4-15(9-13)20-10-16(19)12-5-7-14(17)8-6-12/h2-9H,10H2,1H3. The minimum absolute atomic E-state index is 0.0692. The fourth-order valence-electron chi connectivity index (χ4n) is 1.67. The van der Waals surface area contributed by atoms with Crippen LogP contribution >= 0.6 is 0 Å². The number of rotatable bonds is 5. The number of hydrogen-bond donors (Lipinski definition) is 0. The maximum Gasteiger partial charge on any atom is 0.200 e. The van der Waals surface area contributed by atoms with Crippen molar-refractivity contribution in [3.05, 3.63) is 65.5 Å². The molecule has 0 aromatic heterocycles. The Bertz CT molecular complexity index is 632. The monoisotopic (exact) mass is 272 g/mol. The molecule has 0 aliphatic heterocycles. The summed E-state index contributed by atoms with van der Waals surface area (Å²) in [7, 11) is 0. The summed E-state index contributed by atoms with van der Waals surface area (Å²) in [5.74, 6) is -0.261. The number of benzene rings is 2. The summed E-state index contributed by atoms with van der Waals surface area (Å²) < 4.78 is 18.1. The molecule has 0 aliphatic rings. The van der Waals surface area contributed by atoms with E-state index in [0.717, 1.165) is 0 Å². The van der Waals surface area contributed by atoms with Crippen LogP contribution in [0.5, 0.6) is 5.75 Å². The van der Waals surface area contributed by atoms with E-state index in [1.807, 2.05) is 0 Å². The van der Waals surface area contributed by atoms with Gasteiger partial charge < -0.3 is 4.74 Å². The lowest BCUT2D eigenvalue weighted by Crippen LogP contribution is -2.11. The number of carbonyl (C=O) groups excluding carboxylic acids is 2. The number of ether oxygens (including phenoxy) is 1. The van der Waals surface area contributed by atoms with Crippen molar-refractivity contribution < 1.29 is 18.7 Å². The van der Waals surface area contributed by atoms with Gasteiger partial charge in [0.1, 0.15) is 11.6 Å². The van der Waals surface area contributed by atoms with Crippen molar-refractivity contribution in [1.82, 2.24) is 0 Å². The molecule has 2 aromatic carbocycles. The van der Waals surface area contributed by atoms with Crippen LogP contribution in [0.1, 0.15) is 27.6 Å². The molecule has 0 fully saturated rings. The van der Waals surface area contributed by atoms with Crippen molar-refractivity contribution in [3.63, 3.8) is 0 Å². The lowest BCUT2D eigenvalue weighted by molar-refractivity contribution is 0.0921. The Kier molecular flexibility index (Phi) is 4.25. The Morgan fingerprint density at radius 3 is 2.40 bits per heavy atom. The van der Waals surface area contributed by atoms with Crippen LogP contribution in [-0.2, 0) is 0 Å². The van der Waals surface area contributed by atoms with Crippen LogP contribution < -0.4 is 4.74 Å². The summed E-state index contributed by atoms with van der Waals surface area (Å²) in [4.78, 5) is 23.1. The summed E-state index contributed by atoms with van der Waals surface area (Å²) in [6.07, 6.45) is 0. The van der Waals surface area contributed by atoms with Crippen LogP contribution in [0.25, 0.3) is 0 Å². The zero-order valence-electron chi connectivity index (χ0n) is 10.9. The lowest BCUT2D eigenvalue weighted by atomic mass is 10.1. The van der Waals surface area contributed by atoms with Crippen LogP contribution in [0, 0.1) is 5.82 Å². The van der Waals surface area contributed by atoms with Gasteiger partial charge in [-0.1, -0.05) is 12.1 Å². The van der Waals surface area contributed by atoms with E-state index in [2.05, 4.69) is 0 Å². The van der Waals surface area contributed by atoms with Gasteiger partial charge >= 0.3 is 0 Å². The van der Waals surface area contributed by atoms with Gasteiger partial charge in [-0.2, -0.15) is 0 Å². The van der Waals surface area contributed by atoms with E-state index >= 15 is 0 Å². The highest BCUT2D eigenvalue weighted by Gasteiger charge is 2.08. The van der Waals surface area contributed by atoms with Gasteiger partial charge in [0.05, 0.1) is 0 Å². The molecule has 0 saturated carbocycles. The Morgan fingerprint density at radius 1 is 1.05 bits per heavy atom. The van der Waals surface area contributed by atoms with Crippen LogP contribution in [-0.4, -0.2) is 18.2 Å². The predicted molar refractivity (Wildman–Crippen MR) is 72.7 cm³/mol.